The normalized spacial score (nSPS) is 18.8. The Balaban J connectivity index is 1.14. The van der Waals surface area contributed by atoms with E-state index in [0.717, 1.165) is 46.6 Å². The summed E-state index contributed by atoms with van der Waals surface area (Å²) in [5.74, 6) is 2.67. The molecule has 0 bridgehead atoms. The van der Waals surface area contributed by atoms with Gasteiger partial charge in [0.05, 0.1) is 0 Å². The lowest BCUT2D eigenvalue weighted by Crippen LogP contribution is -2.09. The summed E-state index contributed by atoms with van der Waals surface area (Å²) >= 11 is 0. The molecule has 0 amide bonds. The van der Waals surface area contributed by atoms with Gasteiger partial charge >= 0.3 is 0 Å². The van der Waals surface area contributed by atoms with Gasteiger partial charge in [-0.2, -0.15) is 0 Å². The molecule has 4 aromatic carbocycles. The lowest BCUT2D eigenvalue weighted by atomic mass is 9.90. The van der Waals surface area contributed by atoms with E-state index in [2.05, 4.69) is 139 Å². The van der Waals surface area contributed by atoms with E-state index >= 15 is 0 Å². The molecule has 0 saturated heterocycles. The molecule has 2 atom stereocenters. The molecular weight excluding hydrogens is 615 g/mol. The van der Waals surface area contributed by atoms with Crippen molar-refractivity contribution in [3.05, 3.63) is 175 Å². The van der Waals surface area contributed by atoms with E-state index in [1.807, 2.05) is 24.4 Å². The fourth-order valence-corrected chi connectivity index (χ4v) is 8.43. The number of allylic oxidation sites excluding steroid dienone is 10. The number of rotatable bonds is 6. The van der Waals surface area contributed by atoms with Crippen LogP contribution in [0.5, 0.6) is 0 Å². The lowest BCUT2D eigenvalue weighted by molar-refractivity contribution is 0.764. The van der Waals surface area contributed by atoms with Crippen LogP contribution in [0.2, 0.25) is 0 Å². The smallest absolute Gasteiger partial charge is 0.163 e. The van der Waals surface area contributed by atoms with Crippen LogP contribution < -0.4 is 10.6 Å². The molecule has 234 valence electrons. The van der Waals surface area contributed by atoms with Crippen LogP contribution in [-0.2, 0) is 0 Å². The summed E-state index contributed by atoms with van der Waals surface area (Å²) in [6, 6.07) is 32.7. The Morgan fingerprint density at radius 3 is 2.24 bits per heavy atom. The second-order valence-electron chi connectivity index (χ2n) is 12.6. The zero-order chi connectivity index (χ0) is 32.6. The SMILES string of the molecule is C1=CCC(c2nc(-c3ccccc3)nc(-c3cc(C4=CCNC=C4)cc(-c4ccc(-c5cccc6c5P=C5C=CC=CC56)cc4)c3)n2)C=C1. The second-order valence-corrected chi connectivity index (χ2v) is 13.8. The van der Waals surface area contributed by atoms with Crippen molar-refractivity contribution in [2.24, 2.45) is 0 Å². The molecule has 4 nitrogen and oxygen atoms in total. The highest BCUT2D eigenvalue weighted by molar-refractivity contribution is 7.51. The zero-order valence-electron chi connectivity index (χ0n) is 26.9. The number of nitrogens with one attached hydrogen (secondary N) is 1. The van der Waals surface area contributed by atoms with E-state index in [1.54, 1.807) is 0 Å². The number of fused-ring (bicyclic) bond motifs is 3. The predicted octanol–water partition coefficient (Wildman–Crippen LogP) is 9.61. The first-order valence-electron chi connectivity index (χ1n) is 16.8. The maximum absolute atomic E-state index is 5.12. The highest BCUT2D eigenvalue weighted by Gasteiger charge is 2.26. The van der Waals surface area contributed by atoms with Crippen LogP contribution in [0, 0.1) is 0 Å². The van der Waals surface area contributed by atoms with Crippen molar-refractivity contribution in [3.8, 4) is 45.0 Å². The number of hydrogen-bond acceptors (Lipinski definition) is 4. The quantitative estimate of drug-likeness (QED) is 0.186. The van der Waals surface area contributed by atoms with E-state index in [1.165, 1.54) is 41.1 Å². The van der Waals surface area contributed by atoms with Gasteiger partial charge < -0.3 is 5.32 Å². The third-order valence-electron chi connectivity index (χ3n) is 9.51. The molecule has 49 heavy (non-hydrogen) atoms. The zero-order valence-corrected chi connectivity index (χ0v) is 27.8. The first-order valence-corrected chi connectivity index (χ1v) is 17.7. The van der Waals surface area contributed by atoms with E-state index in [-0.39, 0.29) is 5.92 Å². The number of dihydropyridines is 1. The summed E-state index contributed by atoms with van der Waals surface area (Å²) in [4.78, 5) is 15.2. The molecule has 3 heterocycles. The van der Waals surface area contributed by atoms with Gasteiger partial charge in [0.2, 0.25) is 0 Å². The molecule has 1 aromatic heterocycles. The Labute approximate surface area is 288 Å². The van der Waals surface area contributed by atoms with Gasteiger partial charge in [-0.25, -0.2) is 15.0 Å². The fraction of sp³-hybridized carbons (Fsp3) is 0.0909. The molecule has 1 N–H and O–H groups in total. The summed E-state index contributed by atoms with van der Waals surface area (Å²) in [6.45, 7) is 0.794. The predicted molar refractivity (Wildman–Crippen MR) is 205 cm³/mol. The van der Waals surface area contributed by atoms with Crippen LogP contribution >= 0.6 is 8.20 Å². The van der Waals surface area contributed by atoms with Gasteiger partial charge in [-0.05, 0) is 81.1 Å². The molecule has 0 spiro atoms. The van der Waals surface area contributed by atoms with E-state index in [0.29, 0.717) is 17.6 Å². The maximum atomic E-state index is 5.12. The van der Waals surface area contributed by atoms with E-state index in [9.17, 15) is 0 Å². The molecule has 2 aliphatic heterocycles. The van der Waals surface area contributed by atoms with Crippen LogP contribution in [0.25, 0.3) is 50.6 Å². The van der Waals surface area contributed by atoms with Crippen molar-refractivity contribution in [1.82, 2.24) is 20.3 Å². The molecule has 0 radical (unpaired) electrons. The molecule has 0 fully saturated rings. The van der Waals surface area contributed by atoms with Crippen LogP contribution in [0.15, 0.2) is 158 Å². The van der Waals surface area contributed by atoms with E-state index in [4.69, 9.17) is 15.0 Å². The summed E-state index contributed by atoms with van der Waals surface area (Å²) in [7, 11) is 1.31. The molecule has 0 saturated carbocycles. The minimum absolute atomic E-state index is 0.104. The first kappa shape index (κ1) is 29.4. The molecule has 4 aliphatic rings. The Kier molecular flexibility index (Phi) is 7.65. The van der Waals surface area contributed by atoms with Gasteiger partial charge in [-0.3, -0.25) is 0 Å². The van der Waals surface area contributed by atoms with Crippen molar-refractivity contribution in [1.29, 1.82) is 0 Å². The number of benzene rings is 4. The topological polar surface area (TPSA) is 50.7 Å². The number of nitrogens with zero attached hydrogens (tertiary/aromatic N) is 3. The standard InChI is InChI=1S/C44H33N4P/c1-3-10-32(11-4-1)42-46-43(33-12-5-2-6-13-33)48-44(47-42)36-27-34(26-35(28-36)30-22-24-45-25-23-30)29-18-20-31(21-19-29)37-15-9-16-39-38-14-7-8-17-40(38)49-41(37)39/h1-12,14-24,26-28,33,38,45H,13,25H2. The minimum atomic E-state index is 0.104. The van der Waals surface area contributed by atoms with Crippen LogP contribution in [-0.4, -0.2) is 26.8 Å². The molecule has 5 aromatic rings. The van der Waals surface area contributed by atoms with Gasteiger partial charge in [-0.15, -0.1) is 0 Å². The molecule has 2 unspecified atom stereocenters. The van der Waals surface area contributed by atoms with Gasteiger partial charge in [0.15, 0.2) is 11.6 Å². The van der Waals surface area contributed by atoms with Crippen molar-refractivity contribution >= 4 is 24.4 Å². The second kappa shape index (κ2) is 12.7. The van der Waals surface area contributed by atoms with Crippen LogP contribution in [0.4, 0.5) is 0 Å². The summed E-state index contributed by atoms with van der Waals surface area (Å²) < 4.78 is 0. The van der Waals surface area contributed by atoms with Crippen LogP contribution in [0.3, 0.4) is 0 Å². The maximum Gasteiger partial charge on any atom is 0.163 e. The molecular formula is C44H33N4P. The fourth-order valence-electron chi connectivity index (χ4n) is 6.98. The molecule has 2 aliphatic carbocycles. The Bertz CT molecular complexity index is 2310. The van der Waals surface area contributed by atoms with Crippen LogP contribution in [0.1, 0.15) is 35.2 Å². The first-order chi connectivity index (χ1) is 24.3. The number of hydrogen-bond donors (Lipinski definition) is 1. The average Bonchev–Trinajstić information content (AvgIpc) is 3.58. The number of aromatic nitrogens is 3. The molecule has 5 heteroatoms. The van der Waals surface area contributed by atoms with Gasteiger partial charge in [0, 0.05) is 34.8 Å². The van der Waals surface area contributed by atoms with Crippen molar-refractivity contribution in [2.75, 3.05) is 6.54 Å². The highest BCUT2D eigenvalue weighted by Crippen LogP contribution is 2.38. The van der Waals surface area contributed by atoms with E-state index < -0.39 is 0 Å². The third kappa shape index (κ3) is 5.75. The Morgan fingerprint density at radius 2 is 1.43 bits per heavy atom. The minimum Gasteiger partial charge on any atom is -0.387 e. The van der Waals surface area contributed by atoms with Crippen molar-refractivity contribution in [2.45, 2.75) is 18.3 Å². The highest BCUT2D eigenvalue weighted by atomic mass is 31.1. The van der Waals surface area contributed by atoms with Crippen molar-refractivity contribution < 1.29 is 0 Å². The summed E-state index contributed by atoms with van der Waals surface area (Å²) in [6.07, 6.45) is 24.7. The Hall–Kier alpha value is -5.70. The third-order valence-corrected chi connectivity index (χ3v) is 10.9. The lowest BCUT2D eigenvalue weighted by Gasteiger charge is -2.16. The van der Waals surface area contributed by atoms with Crippen molar-refractivity contribution in [3.63, 3.8) is 0 Å². The van der Waals surface area contributed by atoms with Gasteiger partial charge in [-0.1, -0.05) is 136 Å². The summed E-state index contributed by atoms with van der Waals surface area (Å²) in [5.41, 5.74) is 10.5. The molecule has 9 rings (SSSR count). The monoisotopic (exact) mass is 648 g/mol. The van der Waals surface area contributed by atoms with Gasteiger partial charge in [0.25, 0.3) is 0 Å². The average molecular weight is 649 g/mol. The Morgan fingerprint density at radius 1 is 0.633 bits per heavy atom. The largest absolute Gasteiger partial charge is 0.387 e. The summed E-state index contributed by atoms with van der Waals surface area (Å²) in [5, 5.41) is 6.17. The van der Waals surface area contributed by atoms with Gasteiger partial charge in [0.1, 0.15) is 5.82 Å².